The minimum atomic E-state index is 0.156. The van der Waals surface area contributed by atoms with Gasteiger partial charge in [-0.1, -0.05) is 13.0 Å². The van der Waals surface area contributed by atoms with Gasteiger partial charge in [-0.05, 0) is 49.0 Å². The van der Waals surface area contributed by atoms with E-state index >= 15 is 0 Å². The molecule has 1 heterocycles. The van der Waals surface area contributed by atoms with Gasteiger partial charge in [-0.3, -0.25) is 4.90 Å². The van der Waals surface area contributed by atoms with Crippen molar-refractivity contribution in [3.8, 4) is 11.8 Å². The van der Waals surface area contributed by atoms with Crippen LogP contribution in [0.3, 0.4) is 0 Å². The first-order chi connectivity index (χ1) is 9.02. The Hall–Kier alpha value is -1.73. The van der Waals surface area contributed by atoms with Gasteiger partial charge in [-0.15, -0.1) is 0 Å². The molecule has 3 N–H and O–H groups in total. The van der Waals surface area contributed by atoms with E-state index in [9.17, 15) is 5.11 Å². The molecule has 0 saturated carbocycles. The van der Waals surface area contributed by atoms with Crippen LogP contribution in [0.1, 0.15) is 31.7 Å². The number of nitrogens with zero attached hydrogens (tertiary/aromatic N) is 2. The number of likely N-dealkylation sites (tertiary alicyclic amines) is 1. The zero-order valence-corrected chi connectivity index (χ0v) is 11.4. The second-order valence-corrected chi connectivity index (χ2v) is 5.81. The summed E-state index contributed by atoms with van der Waals surface area (Å²) in [5.41, 5.74) is 7.27. The van der Waals surface area contributed by atoms with E-state index in [2.05, 4.69) is 17.9 Å². The van der Waals surface area contributed by atoms with Crippen molar-refractivity contribution in [3.63, 3.8) is 0 Å². The Labute approximate surface area is 114 Å². The predicted octanol–water partition coefficient (Wildman–Crippen LogP) is 2.49. The van der Waals surface area contributed by atoms with Crippen LogP contribution in [0.5, 0.6) is 5.75 Å². The zero-order chi connectivity index (χ0) is 13.9. The topological polar surface area (TPSA) is 73.3 Å². The highest BCUT2D eigenvalue weighted by atomic mass is 16.3. The number of phenolic OH excluding ortho intramolecular Hbond substituents is 1. The summed E-state index contributed by atoms with van der Waals surface area (Å²) < 4.78 is 0. The lowest BCUT2D eigenvalue weighted by molar-refractivity contribution is 0.116. The number of benzene rings is 1. The Bertz CT molecular complexity index is 485. The van der Waals surface area contributed by atoms with Crippen molar-refractivity contribution in [2.75, 3.05) is 18.8 Å². The molecule has 1 fully saturated rings. The fourth-order valence-corrected chi connectivity index (χ4v) is 2.56. The summed E-state index contributed by atoms with van der Waals surface area (Å²) in [5.74, 6) is 0.156. The molecule has 0 spiro atoms. The van der Waals surface area contributed by atoms with Crippen LogP contribution in [-0.4, -0.2) is 23.1 Å². The third-order valence-corrected chi connectivity index (χ3v) is 4.07. The van der Waals surface area contributed by atoms with Crippen molar-refractivity contribution in [2.45, 2.75) is 32.7 Å². The zero-order valence-electron chi connectivity index (χ0n) is 11.4. The van der Waals surface area contributed by atoms with Gasteiger partial charge in [0, 0.05) is 13.0 Å². The Kier molecular flexibility index (Phi) is 3.96. The van der Waals surface area contributed by atoms with E-state index in [0.29, 0.717) is 12.1 Å². The molecule has 4 heteroatoms. The van der Waals surface area contributed by atoms with E-state index in [4.69, 9.17) is 11.0 Å². The smallest absolute Gasteiger partial charge is 0.138 e. The second-order valence-electron chi connectivity index (χ2n) is 5.81. The number of nitrogen functional groups attached to an aromatic ring is 1. The summed E-state index contributed by atoms with van der Waals surface area (Å²) in [6.45, 7) is 5.03. The van der Waals surface area contributed by atoms with Crippen LogP contribution in [0.4, 0.5) is 5.69 Å². The van der Waals surface area contributed by atoms with Crippen LogP contribution in [0.25, 0.3) is 0 Å². The highest BCUT2D eigenvalue weighted by Gasteiger charge is 2.29. The molecule has 102 valence electrons. The molecule has 0 unspecified atom stereocenters. The molecule has 19 heavy (non-hydrogen) atoms. The van der Waals surface area contributed by atoms with Crippen LogP contribution < -0.4 is 5.73 Å². The normalized spacial score (nSPS) is 18.9. The van der Waals surface area contributed by atoms with Gasteiger partial charge in [0.15, 0.2) is 0 Å². The number of nitrogens with two attached hydrogens (primary N) is 1. The second kappa shape index (κ2) is 5.50. The van der Waals surface area contributed by atoms with Crippen molar-refractivity contribution in [1.29, 1.82) is 5.26 Å². The molecule has 0 amide bonds. The first kappa shape index (κ1) is 13.7. The summed E-state index contributed by atoms with van der Waals surface area (Å²) in [4.78, 5) is 2.37. The molecule has 1 aliphatic rings. The molecule has 1 aromatic carbocycles. The SMILES string of the molecule is CC1(CC#N)CCN(Cc2ccc(N)c(O)c2)CC1. The molecule has 0 radical (unpaired) electrons. The molecule has 0 aromatic heterocycles. The first-order valence-electron chi connectivity index (χ1n) is 6.69. The molecule has 1 aliphatic heterocycles. The van der Waals surface area contributed by atoms with Crippen LogP contribution in [0, 0.1) is 16.7 Å². The van der Waals surface area contributed by atoms with Gasteiger partial charge in [-0.25, -0.2) is 0 Å². The van der Waals surface area contributed by atoms with Crippen molar-refractivity contribution in [2.24, 2.45) is 5.41 Å². The summed E-state index contributed by atoms with van der Waals surface area (Å²) in [6, 6.07) is 7.73. The largest absolute Gasteiger partial charge is 0.506 e. The maximum atomic E-state index is 9.60. The van der Waals surface area contributed by atoms with Crippen LogP contribution >= 0.6 is 0 Å². The quantitative estimate of drug-likeness (QED) is 0.646. The van der Waals surface area contributed by atoms with E-state index < -0.39 is 0 Å². The molecular weight excluding hydrogens is 238 g/mol. The Morgan fingerprint density at radius 1 is 1.42 bits per heavy atom. The van der Waals surface area contributed by atoms with Gasteiger partial charge < -0.3 is 10.8 Å². The van der Waals surface area contributed by atoms with E-state index in [1.54, 1.807) is 12.1 Å². The standard InChI is InChI=1S/C15H21N3O/c1-15(4-7-16)5-8-18(9-6-15)11-12-2-3-13(17)14(19)10-12/h2-3,10,19H,4-6,8-9,11,17H2,1H3. The molecule has 4 nitrogen and oxygen atoms in total. The summed E-state index contributed by atoms with van der Waals surface area (Å²) >= 11 is 0. The molecule has 1 aromatic rings. The van der Waals surface area contributed by atoms with Crippen molar-refractivity contribution in [3.05, 3.63) is 23.8 Å². The lowest BCUT2D eigenvalue weighted by Crippen LogP contribution is -2.38. The van der Waals surface area contributed by atoms with E-state index in [1.165, 1.54) is 0 Å². The average Bonchev–Trinajstić information content (AvgIpc) is 2.37. The fourth-order valence-electron chi connectivity index (χ4n) is 2.56. The number of hydrogen-bond donors (Lipinski definition) is 2. The summed E-state index contributed by atoms with van der Waals surface area (Å²) in [6.07, 6.45) is 2.76. The number of anilines is 1. The van der Waals surface area contributed by atoms with Crippen LogP contribution in [0.2, 0.25) is 0 Å². The third-order valence-electron chi connectivity index (χ3n) is 4.07. The van der Waals surface area contributed by atoms with Crippen LogP contribution in [-0.2, 0) is 6.54 Å². The highest BCUT2D eigenvalue weighted by molar-refractivity contribution is 5.52. The maximum absolute atomic E-state index is 9.60. The minimum absolute atomic E-state index is 0.156. The van der Waals surface area contributed by atoms with E-state index in [0.717, 1.165) is 38.0 Å². The van der Waals surface area contributed by atoms with E-state index in [-0.39, 0.29) is 11.2 Å². The molecule has 0 bridgehead atoms. The molecule has 0 aliphatic carbocycles. The summed E-state index contributed by atoms with van der Waals surface area (Å²) in [5, 5.41) is 18.4. The van der Waals surface area contributed by atoms with Gasteiger partial charge in [0.25, 0.3) is 0 Å². The number of piperidine rings is 1. The van der Waals surface area contributed by atoms with Crippen molar-refractivity contribution < 1.29 is 5.11 Å². The highest BCUT2D eigenvalue weighted by Crippen LogP contribution is 2.34. The van der Waals surface area contributed by atoms with Crippen molar-refractivity contribution >= 4 is 5.69 Å². The first-order valence-corrected chi connectivity index (χ1v) is 6.69. The Morgan fingerprint density at radius 2 is 2.11 bits per heavy atom. The maximum Gasteiger partial charge on any atom is 0.138 e. The molecular formula is C15H21N3O. The van der Waals surface area contributed by atoms with E-state index in [1.807, 2.05) is 6.07 Å². The van der Waals surface area contributed by atoms with Gasteiger partial charge >= 0.3 is 0 Å². The molecule has 0 atom stereocenters. The number of hydrogen-bond acceptors (Lipinski definition) is 4. The average molecular weight is 259 g/mol. The van der Waals surface area contributed by atoms with Gasteiger partial charge in [-0.2, -0.15) is 5.26 Å². The Morgan fingerprint density at radius 3 is 2.68 bits per heavy atom. The lowest BCUT2D eigenvalue weighted by atomic mass is 9.78. The van der Waals surface area contributed by atoms with Gasteiger partial charge in [0.2, 0.25) is 0 Å². The van der Waals surface area contributed by atoms with Crippen molar-refractivity contribution in [1.82, 2.24) is 4.90 Å². The third kappa shape index (κ3) is 3.39. The number of aromatic hydroxyl groups is 1. The molecule has 2 rings (SSSR count). The predicted molar refractivity (Wildman–Crippen MR) is 75.4 cm³/mol. The molecule has 1 saturated heterocycles. The van der Waals surface area contributed by atoms with Gasteiger partial charge in [0.1, 0.15) is 5.75 Å². The Balaban J connectivity index is 1.92. The van der Waals surface area contributed by atoms with Gasteiger partial charge in [0.05, 0.1) is 11.8 Å². The number of phenols is 1. The fraction of sp³-hybridized carbons (Fsp3) is 0.533. The van der Waals surface area contributed by atoms with Crippen LogP contribution in [0.15, 0.2) is 18.2 Å². The minimum Gasteiger partial charge on any atom is -0.506 e. The lowest BCUT2D eigenvalue weighted by Gasteiger charge is -2.38. The number of rotatable bonds is 3. The number of nitriles is 1. The monoisotopic (exact) mass is 259 g/mol. The summed E-state index contributed by atoms with van der Waals surface area (Å²) in [7, 11) is 0.